The van der Waals surface area contributed by atoms with Crippen molar-refractivity contribution in [2.75, 3.05) is 12.9 Å². The number of nitrogens with one attached hydrogen (secondary N) is 1. The Morgan fingerprint density at radius 2 is 1.74 bits per heavy atom. The van der Waals surface area contributed by atoms with Crippen molar-refractivity contribution >= 4 is 29.3 Å². The molecule has 180 valence electrons. The molecule has 0 bridgehead atoms. The van der Waals surface area contributed by atoms with Gasteiger partial charge in [-0.3, -0.25) is 9.36 Å². The quantitative estimate of drug-likeness (QED) is 0.277. The maximum Gasteiger partial charge on any atom is 0.221 e. The van der Waals surface area contributed by atoms with Crippen LogP contribution in [0.2, 0.25) is 5.02 Å². The average Bonchev–Trinajstić information content (AvgIpc) is 3.30. The first-order valence-electron chi connectivity index (χ1n) is 11.0. The number of benzene rings is 3. The number of carbonyl (C=O) groups is 1. The summed E-state index contributed by atoms with van der Waals surface area (Å²) in [6.07, 6.45) is 0.345. The molecule has 0 atom stereocenters. The van der Waals surface area contributed by atoms with Crippen LogP contribution < -0.4 is 14.8 Å². The molecule has 9 heteroatoms. The summed E-state index contributed by atoms with van der Waals surface area (Å²) in [7, 11) is 1.62. The van der Waals surface area contributed by atoms with Crippen molar-refractivity contribution in [3.63, 3.8) is 0 Å². The molecule has 1 aromatic heterocycles. The summed E-state index contributed by atoms with van der Waals surface area (Å²) in [6.45, 7) is 0.656. The molecule has 35 heavy (non-hydrogen) atoms. The predicted octanol–water partition coefficient (Wildman–Crippen LogP) is 5.31. The normalized spacial score (nSPS) is 10.7. The van der Waals surface area contributed by atoms with E-state index in [0.29, 0.717) is 40.5 Å². The van der Waals surface area contributed by atoms with E-state index in [1.54, 1.807) is 19.2 Å². The Kier molecular flexibility index (Phi) is 8.64. The maximum absolute atomic E-state index is 12.4. The number of ether oxygens (including phenoxy) is 2. The summed E-state index contributed by atoms with van der Waals surface area (Å²) >= 11 is 7.43. The molecule has 1 heterocycles. The number of aromatic nitrogens is 3. The van der Waals surface area contributed by atoms with Gasteiger partial charge >= 0.3 is 0 Å². The number of hydrogen-bond donors (Lipinski definition) is 1. The molecule has 0 aliphatic heterocycles. The van der Waals surface area contributed by atoms with Crippen LogP contribution in [0.25, 0.3) is 5.69 Å². The number of hydrogen-bond acceptors (Lipinski definition) is 6. The van der Waals surface area contributed by atoms with Crippen LogP contribution in [0.5, 0.6) is 11.5 Å². The molecule has 0 fully saturated rings. The van der Waals surface area contributed by atoms with Crippen LogP contribution >= 0.6 is 23.4 Å². The first kappa shape index (κ1) is 24.6. The molecule has 0 radical (unpaired) electrons. The molecular formula is C26H25ClN4O3S. The van der Waals surface area contributed by atoms with Crippen molar-refractivity contribution < 1.29 is 14.3 Å². The minimum absolute atomic E-state index is 0.0412. The molecule has 0 aliphatic rings. The fraction of sp³-hybridized carbons (Fsp3) is 0.192. The van der Waals surface area contributed by atoms with Gasteiger partial charge in [0.25, 0.3) is 0 Å². The van der Waals surface area contributed by atoms with Gasteiger partial charge < -0.3 is 14.8 Å². The highest BCUT2D eigenvalue weighted by Crippen LogP contribution is 2.24. The van der Waals surface area contributed by atoms with E-state index in [-0.39, 0.29) is 12.5 Å². The number of carbonyl (C=O) groups excluding carboxylic acids is 1. The van der Waals surface area contributed by atoms with Gasteiger partial charge in [0, 0.05) is 35.0 Å². The first-order chi connectivity index (χ1) is 17.1. The van der Waals surface area contributed by atoms with Crippen LogP contribution in [0.4, 0.5) is 0 Å². The molecular weight excluding hydrogens is 484 g/mol. The number of methoxy groups -OCH3 is 1. The molecule has 4 rings (SSSR count). The number of halogens is 1. The zero-order valence-electron chi connectivity index (χ0n) is 19.2. The van der Waals surface area contributed by atoms with Crippen molar-refractivity contribution in [2.24, 2.45) is 0 Å². The largest absolute Gasteiger partial charge is 0.496 e. The van der Waals surface area contributed by atoms with E-state index in [0.717, 1.165) is 17.0 Å². The van der Waals surface area contributed by atoms with Gasteiger partial charge in [0.2, 0.25) is 5.91 Å². The number of para-hydroxylation sites is 2. The van der Waals surface area contributed by atoms with Gasteiger partial charge in [-0.25, -0.2) is 0 Å². The molecule has 4 aromatic rings. The average molecular weight is 509 g/mol. The second-order valence-electron chi connectivity index (χ2n) is 7.50. The first-order valence-corrected chi connectivity index (χ1v) is 12.4. The Labute approximate surface area is 213 Å². The smallest absolute Gasteiger partial charge is 0.221 e. The van der Waals surface area contributed by atoms with Crippen LogP contribution in [0.3, 0.4) is 0 Å². The molecule has 0 unspecified atom stereocenters. The summed E-state index contributed by atoms with van der Waals surface area (Å²) in [5.74, 6) is 2.62. The fourth-order valence-electron chi connectivity index (χ4n) is 3.37. The standard InChI is InChI=1S/C26H25ClN4O3S/c1-33-23-10-6-5-7-19(23)17-28-25(32)15-16-35-26-30-29-24(31(26)21-8-3-2-4-9-21)18-34-22-13-11-20(27)12-14-22/h2-14H,15-18H2,1H3,(H,28,32). The third-order valence-corrected chi connectivity index (χ3v) is 6.31. The van der Waals surface area contributed by atoms with Gasteiger partial charge in [0.15, 0.2) is 11.0 Å². The van der Waals surface area contributed by atoms with E-state index in [1.165, 1.54) is 11.8 Å². The number of nitrogens with zero attached hydrogens (tertiary/aromatic N) is 3. The van der Waals surface area contributed by atoms with E-state index >= 15 is 0 Å². The van der Waals surface area contributed by atoms with Gasteiger partial charge in [-0.2, -0.15) is 0 Å². The van der Waals surface area contributed by atoms with Gasteiger partial charge in [0.05, 0.1) is 7.11 Å². The lowest BCUT2D eigenvalue weighted by Crippen LogP contribution is -2.23. The second kappa shape index (κ2) is 12.3. The monoisotopic (exact) mass is 508 g/mol. The highest BCUT2D eigenvalue weighted by atomic mass is 35.5. The Balaban J connectivity index is 1.38. The highest BCUT2D eigenvalue weighted by molar-refractivity contribution is 7.99. The Hall–Kier alpha value is -3.49. The van der Waals surface area contributed by atoms with Gasteiger partial charge in [0.1, 0.15) is 18.1 Å². The topological polar surface area (TPSA) is 78.3 Å². The zero-order chi connectivity index (χ0) is 24.5. The third kappa shape index (κ3) is 6.77. The summed E-state index contributed by atoms with van der Waals surface area (Å²) in [5, 5.41) is 13.0. The van der Waals surface area contributed by atoms with Crippen molar-refractivity contribution in [2.45, 2.75) is 24.7 Å². The molecule has 1 N–H and O–H groups in total. The maximum atomic E-state index is 12.4. The molecule has 1 amide bonds. The lowest BCUT2D eigenvalue weighted by Gasteiger charge is -2.11. The van der Waals surface area contributed by atoms with Crippen LogP contribution in [0.15, 0.2) is 84.0 Å². The van der Waals surface area contributed by atoms with E-state index in [1.807, 2.05) is 71.3 Å². The summed E-state index contributed by atoms with van der Waals surface area (Å²) in [5.41, 5.74) is 1.86. The van der Waals surface area contributed by atoms with E-state index < -0.39 is 0 Å². The fourth-order valence-corrected chi connectivity index (χ4v) is 4.40. The lowest BCUT2D eigenvalue weighted by molar-refractivity contribution is -0.120. The van der Waals surface area contributed by atoms with Crippen molar-refractivity contribution in [1.29, 1.82) is 0 Å². The highest BCUT2D eigenvalue weighted by Gasteiger charge is 2.16. The lowest BCUT2D eigenvalue weighted by atomic mass is 10.2. The van der Waals surface area contributed by atoms with Crippen molar-refractivity contribution in [3.05, 3.63) is 95.3 Å². The van der Waals surface area contributed by atoms with Crippen molar-refractivity contribution in [1.82, 2.24) is 20.1 Å². The predicted molar refractivity (Wildman–Crippen MR) is 137 cm³/mol. The SMILES string of the molecule is COc1ccccc1CNC(=O)CCSc1nnc(COc2ccc(Cl)cc2)n1-c1ccccc1. The minimum atomic E-state index is -0.0412. The third-order valence-electron chi connectivity index (χ3n) is 5.13. The molecule has 0 saturated heterocycles. The van der Waals surface area contributed by atoms with E-state index in [9.17, 15) is 4.79 Å². The second-order valence-corrected chi connectivity index (χ2v) is 9.00. The summed E-state index contributed by atoms with van der Waals surface area (Å²) < 4.78 is 13.2. The summed E-state index contributed by atoms with van der Waals surface area (Å²) in [4.78, 5) is 12.4. The van der Waals surface area contributed by atoms with Gasteiger partial charge in [-0.1, -0.05) is 59.8 Å². The van der Waals surface area contributed by atoms with Gasteiger partial charge in [-0.15, -0.1) is 10.2 Å². The van der Waals surface area contributed by atoms with Crippen molar-refractivity contribution in [3.8, 4) is 17.2 Å². The zero-order valence-corrected chi connectivity index (χ0v) is 20.8. The van der Waals surface area contributed by atoms with Crippen LogP contribution in [0, 0.1) is 0 Å². The van der Waals surface area contributed by atoms with E-state index in [4.69, 9.17) is 21.1 Å². The number of amides is 1. The minimum Gasteiger partial charge on any atom is -0.496 e. The molecule has 7 nitrogen and oxygen atoms in total. The Bertz CT molecular complexity index is 1250. The van der Waals surface area contributed by atoms with Crippen LogP contribution in [-0.2, 0) is 17.9 Å². The Morgan fingerprint density at radius 1 is 1.00 bits per heavy atom. The summed E-state index contributed by atoms with van der Waals surface area (Å²) in [6, 6.07) is 24.6. The molecule has 0 spiro atoms. The van der Waals surface area contributed by atoms with E-state index in [2.05, 4.69) is 15.5 Å². The number of thioether (sulfide) groups is 1. The molecule has 0 saturated carbocycles. The molecule has 0 aliphatic carbocycles. The van der Waals surface area contributed by atoms with Gasteiger partial charge in [-0.05, 0) is 42.5 Å². The van der Waals surface area contributed by atoms with Crippen LogP contribution in [0.1, 0.15) is 17.8 Å². The molecule has 3 aromatic carbocycles. The van der Waals surface area contributed by atoms with Crippen LogP contribution in [-0.4, -0.2) is 33.5 Å². The Morgan fingerprint density at radius 3 is 2.51 bits per heavy atom. The number of rotatable bonds is 11.